The molecule has 1 aromatic carbocycles. The second-order valence-electron chi connectivity index (χ2n) is 7.48. The Morgan fingerprint density at radius 3 is 2.76 bits per heavy atom. The van der Waals surface area contributed by atoms with E-state index in [1.165, 1.54) is 5.56 Å². The molecular formula is C22H34N6O. The summed E-state index contributed by atoms with van der Waals surface area (Å²) in [5, 5.41) is 7.98. The van der Waals surface area contributed by atoms with Crippen LogP contribution in [0.1, 0.15) is 18.9 Å². The van der Waals surface area contributed by atoms with Crippen LogP contribution in [0.3, 0.4) is 0 Å². The van der Waals surface area contributed by atoms with E-state index in [4.69, 9.17) is 14.7 Å². The predicted octanol–water partition coefficient (Wildman–Crippen LogP) is 2.08. The number of nitrogens with zero attached hydrogens (tertiary/aromatic N) is 4. The second-order valence-corrected chi connectivity index (χ2v) is 7.48. The zero-order valence-corrected chi connectivity index (χ0v) is 17.9. The lowest BCUT2D eigenvalue weighted by atomic mass is 10.1. The Hall–Kier alpha value is -2.38. The van der Waals surface area contributed by atoms with E-state index in [1.807, 2.05) is 25.1 Å². The van der Waals surface area contributed by atoms with Gasteiger partial charge in [0.1, 0.15) is 5.82 Å². The average molecular weight is 399 g/mol. The highest BCUT2D eigenvalue weighted by molar-refractivity contribution is 5.85. The first-order valence-electron chi connectivity index (χ1n) is 10.6. The van der Waals surface area contributed by atoms with Crippen LogP contribution in [0.2, 0.25) is 0 Å². The summed E-state index contributed by atoms with van der Waals surface area (Å²) in [4.78, 5) is 14.1. The number of hydrogen-bond donors (Lipinski definition) is 2. The number of guanidine groups is 1. The van der Waals surface area contributed by atoms with Gasteiger partial charge in [0.15, 0.2) is 5.96 Å². The molecule has 0 radical (unpaired) electrons. The van der Waals surface area contributed by atoms with E-state index in [0.29, 0.717) is 6.54 Å². The molecule has 0 amide bonds. The van der Waals surface area contributed by atoms with Gasteiger partial charge < -0.3 is 20.3 Å². The zero-order chi connectivity index (χ0) is 20.5. The Morgan fingerprint density at radius 2 is 2.00 bits per heavy atom. The summed E-state index contributed by atoms with van der Waals surface area (Å²) in [6.45, 7) is 9.34. The van der Waals surface area contributed by atoms with Crippen molar-refractivity contribution >= 4 is 22.7 Å². The molecule has 0 atom stereocenters. The smallest absolute Gasteiger partial charge is 0.191 e. The number of pyridine rings is 1. The van der Waals surface area contributed by atoms with Crippen LogP contribution in [-0.4, -0.2) is 75.9 Å². The molecule has 1 aromatic heterocycles. The molecule has 0 bridgehead atoms. The minimum atomic E-state index is 0.614. The lowest BCUT2D eigenvalue weighted by molar-refractivity contribution is 0.0376. The van der Waals surface area contributed by atoms with Crippen LogP contribution in [0.4, 0.5) is 5.82 Å². The standard InChI is InChI=1S/C22H34N6O/c1-4-23-22(24-10-7-11-28-12-14-29-15-13-28)25-17-18-16-21(27(2)3)26-20-9-6-5-8-19(18)20/h5-6,8-9,16H,4,7,10-15,17H2,1-3H3,(H2,23,24,25). The summed E-state index contributed by atoms with van der Waals surface area (Å²) in [5.74, 6) is 1.82. The molecule has 2 heterocycles. The monoisotopic (exact) mass is 398 g/mol. The van der Waals surface area contributed by atoms with Crippen LogP contribution in [0.15, 0.2) is 35.3 Å². The lowest BCUT2D eigenvalue weighted by Gasteiger charge is -2.26. The molecule has 0 unspecified atom stereocenters. The third-order valence-corrected chi connectivity index (χ3v) is 5.05. The van der Waals surface area contributed by atoms with E-state index in [9.17, 15) is 0 Å². The van der Waals surface area contributed by atoms with E-state index < -0.39 is 0 Å². The van der Waals surface area contributed by atoms with Crippen molar-refractivity contribution in [1.29, 1.82) is 0 Å². The number of benzene rings is 1. The van der Waals surface area contributed by atoms with Crippen LogP contribution in [0.25, 0.3) is 10.9 Å². The Labute approximate surface area is 174 Å². The predicted molar refractivity (Wildman–Crippen MR) is 121 cm³/mol. The molecule has 3 rings (SSSR count). The molecule has 0 aliphatic carbocycles. The molecule has 29 heavy (non-hydrogen) atoms. The van der Waals surface area contributed by atoms with Crippen molar-refractivity contribution in [2.75, 3.05) is 64.9 Å². The van der Waals surface area contributed by atoms with Crippen molar-refractivity contribution in [2.45, 2.75) is 19.9 Å². The number of hydrogen-bond acceptors (Lipinski definition) is 5. The summed E-state index contributed by atoms with van der Waals surface area (Å²) >= 11 is 0. The van der Waals surface area contributed by atoms with Crippen molar-refractivity contribution < 1.29 is 4.74 Å². The lowest BCUT2D eigenvalue weighted by Crippen LogP contribution is -2.40. The first-order chi connectivity index (χ1) is 14.2. The quantitative estimate of drug-likeness (QED) is 0.403. The first-order valence-corrected chi connectivity index (χ1v) is 10.6. The number of morpholine rings is 1. The third-order valence-electron chi connectivity index (χ3n) is 5.05. The summed E-state index contributed by atoms with van der Waals surface area (Å²) < 4.78 is 5.41. The molecular weight excluding hydrogens is 364 g/mol. The van der Waals surface area contributed by atoms with Crippen LogP contribution in [0.5, 0.6) is 0 Å². The van der Waals surface area contributed by atoms with Crippen molar-refractivity contribution in [2.24, 2.45) is 4.99 Å². The molecule has 7 heteroatoms. The maximum atomic E-state index is 5.41. The van der Waals surface area contributed by atoms with Gasteiger partial charge in [0, 0.05) is 45.7 Å². The van der Waals surface area contributed by atoms with E-state index in [-0.39, 0.29) is 0 Å². The van der Waals surface area contributed by atoms with Gasteiger partial charge in [-0.15, -0.1) is 0 Å². The number of rotatable bonds is 8. The maximum absolute atomic E-state index is 5.41. The molecule has 1 aliphatic heterocycles. The zero-order valence-electron chi connectivity index (χ0n) is 17.9. The van der Waals surface area contributed by atoms with Crippen LogP contribution < -0.4 is 15.5 Å². The fourth-order valence-corrected chi connectivity index (χ4v) is 3.43. The highest BCUT2D eigenvalue weighted by Crippen LogP contribution is 2.22. The molecule has 0 saturated carbocycles. The molecule has 2 N–H and O–H groups in total. The second kappa shape index (κ2) is 11.0. The Balaban J connectivity index is 1.63. The fraction of sp³-hybridized carbons (Fsp3) is 0.545. The van der Waals surface area contributed by atoms with Crippen molar-refractivity contribution in [3.8, 4) is 0 Å². The number of ether oxygens (including phenoxy) is 1. The third kappa shape index (κ3) is 6.30. The Bertz CT molecular complexity index is 801. The summed E-state index contributed by atoms with van der Waals surface area (Å²) in [6.07, 6.45) is 1.09. The summed E-state index contributed by atoms with van der Waals surface area (Å²) in [5.41, 5.74) is 2.19. The number of nitrogens with one attached hydrogen (secondary N) is 2. The van der Waals surface area contributed by atoms with Crippen LogP contribution >= 0.6 is 0 Å². The van der Waals surface area contributed by atoms with E-state index in [1.54, 1.807) is 0 Å². The highest BCUT2D eigenvalue weighted by atomic mass is 16.5. The van der Waals surface area contributed by atoms with Gasteiger partial charge in [0.25, 0.3) is 0 Å². The largest absolute Gasteiger partial charge is 0.379 e. The van der Waals surface area contributed by atoms with Gasteiger partial charge in [-0.1, -0.05) is 18.2 Å². The number of fused-ring (bicyclic) bond motifs is 1. The van der Waals surface area contributed by atoms with Gasteiger partial charge >= 0.3 is 0 Å². The van der Waals surface area contributed by atoms with E-state index >= 15 is 0 Å². The molecule has 0 spiro atoms. The Kier molecular flexibility index (Phi) is 8.07. The number of aromatic nitrogens is 1. The summed E-state index contributed by atoms with van der Waals surface area (Å²) in [7, 11) is 4.04. The first kappa shape index (κ1) is 21.3. The SMILES string of the molecule is CCNC(=NCc1cc(N(C)C)nc2ccccc12)NCCCN1CCOCC1. The van der Waals surface area contributed by atoms with Crippen LogP contribution in [-0.2, 0) is 11.3 Å². The topological polar surface area (TPSA) is 65.0 Å². The van der Waals surface area contributed by atoms with Gasteiger partial charge in [-0.2, -0.15) is 0 Å². The maximum Gasteiger partial charge on any atom is 0.191 e. The van der Waals surface area contributed by atoms with Crippen LogP contribution in [0, 0.1) is 0 Å². The number of anilines is 1. The molecule has 1 fully saturated rings. The van der Waals surface area contributed by atoms with E-state index in [0.717, 1.165) is 75.0 Å². The Morgan fingerprint density at radius 1 is 1.21 bits per heavy atom. The van der Waals surface area contributed by atoms with Gasteiger partial charge in [-0.05, 0) is 37.6 Å². The molecule has 1 aliphatic rings. The molecule has 2 aromatic rings. The van der Waals surface area contributed by atoms with Gasteiger partial charge in [0.05, 0.1) is 25.3 Å². The normalized spacial score (nSPS) is 15.5. The van der Waals surface area contributed by atoms with E-state index in [2.05, 4.69) is 46.7 Å². The van der Waals surface area contributed by atoms with Crippen molar-refractivity contribution in [3.05, 3.63) is 35.9 Å². The highest BCUT2D eigenvalue weighted by Gasteiger charge is 2.10. The molecule has 1 saturated heterocycles. The van der Waals surface area contributed by atoms with Gasteiger partial charge in [-0.3, -0.25) is 4.90 Å². The molecule has 158 valence electrons. The average Bonchev–Trinajstić information content (AvgIpc) is 2.75. The van der Waals surface area contributed by atoms with Gasteiger partial charge in [-0.25, -0.2) is 9.98 Å². The number of aliphatic imine (C=N–C) groups is 1. The number of para-hydroxylation sites is 1. The van der Waals surface area contributed by atoms with Crippen molar-refractivity contribution in [1.82, 2.24) is 20.5 Å². The minimum Gasteiger partial charge on any atom is -0.379 e. The molecule has 7 nitrogen and oxygen atoms in total. The fourth-order valence-electron chi connectivity index (χ4n) is 3.43. The van der Waals surface area contributed by atoms with Gasteiger partial charge in [0.2, 0.25) is 0 Å². The summed E-state index contributed by atoms with van der Waals surface area (Å²) in [6, 6.07) is 10.4. The minimum absolute atomic E-state index is 0.614. The van der Waals surface area contributed by atoms with Crippen molar-refractivity contribution in [3.63, 3.8) is 0 Å².